The summed E-state index contributed by atoms with van der Waals surface area (Å²) in [5.41, 5.74) is 0.684. The Morgan fingerprint density at radius 1 is 1.19 bits per heavy atom. The number of para-hydroxylation sites is 1. The summed E-state index contributed by atoms with van der Waals surface area (Å²) in [5.74, 6) is -0.690. The average Bonchev–Trinajstić information content (AvgIpc) is 2.99. The van der Waals surface area contributed by atoms with Crippen molar-refractivity contribution in [1.29, 1.82) is 0 Å². The number of carbonyl (C=O) groups excluding carboxylic acids is 2. The van der Waals surface area contributed by atoms with E-state index >= 15 is 0 Å². The molecule has 5 heteroatoms. The molecule has 0 saturated heterocycles. The Morgan fingerprint density at radius 2 is 1.95 bits per heavy atom. The lowest BCUT2D eigenvalue weighted by molar-refractivity contribution is -0.153. The number of rotatable bonds is 6. The van der Waals surface area contributed by atoms with Crippen LogP contribution in [0.15, 0.2) is 47.8 Å². The van der Waals surface area contributed by atoms with E-state index in [1.807, 2.05) is 35.7 Å². The predicted octanol–water partition coefficient (Wildman–Crippen LogP) is 3.25. The van der Waals surface area contributed by atoms with Crippen molar-refractivity contribution in [1.82, 2.24) is 0 Å². The Balaban J connectivity index is 1.76. The maximum Gasteiger partial charge on any atom is 0.306 e. The highest BCUT2D eigenvalue weighted by Gasteiger charge is 2.17. The van der Waals surface area contributed by atoms with E-state index in [1.54, 1.807) is 30.4 Å². The maximum atomic E-state index is 11.9. The Labute approximate surface area is 127 Å². The van der Waals surface area contributed by atoms with E-state index in [-0.39, 0.29) is 18.3 Å². The second-order valence-corrected chi connectivity index (χ2v) is 5.60. The Morgan fingerprint density at radius 3 is 2.62 bits per heavy atom. The number of benzene rings is 1. The third kappa shape index (κ3) is 5.04. The van der Waals surface area contributed by atoms with Gasteiger partial charge in [-0.2, -0.15) is 0 Å². The van der Waals surface area contributed by atoms with Gasteiger partial charge in [0.1, 0.15) is 0 Å². The molecule has 1 atom stereocenters. The minimum absolute atomic E-state index is 0.281. The summed E-state index contributed by atoms with van der Waals surface area (Å²) in [4.78, 5) is 24.7. The lowest BCUT2D eigenvalue weighted by atomic mass is 10.2. The molecule has 1 aromatic heterocycles. The molecule has 0 spiro atoms. The quantitative estimate of drug-likeness (QED) is 0.833. The fourth-order valence-corrected chi connectivity index (χ4v) is 2.46. The largest absolute Gasteiger partial charge is 0.453 e. The van der Waals surface area contributed by atoms with Gasteiger partial charge in [-0.05, 0) is 36.9 Å². The summed E-state index contributed by atoms with van der Waals surface area (Å²) in [7, 11) is 0. The first-order valence-corrected chi connectivity index (χ1v) is 7.61. The number of esters is 1. The van der Waals surface area contributed by atoms with Crippen molar-refractivity contribution in [3.05, 3.63) is 52.7 Å². The number of hydrogen-bond donors (Lipinski definition) is 1. The number of nitrogens with one attached hydrogen (secondary N) is 1. The molecule has 2 rings (SSSR count). The second-order valence-electron chi connectivity index (χ2n) is 4.57. The molecule has 110 valence electrons. The molecular formula is C16H17NO3S. The zero-order valence-corrected chi connectivity index (χ0v) is 12.6. The number of anilines is 1. The highest BCUT2D eigenvalue weighted by atomic mass is 32.1. The SMILES string of the molecule is C[C@@H](OC(=O)CCc1cccs1)C(=O)Nc1ccccc1. The molecule has 0 unspecified atom stereocenters. The monoisotopic (exact) mass is 303 g/mol. The van der Waals surface area contributed by atoms with Gasteiger partial charge in [0, 0.05) is 10.6 Å². The van der Waals surface area contributed by atoms with Crippen molar-refractivity contribution >= 4 is 28.9 Å². The van der Waals surface area contributed by atoms with Crippen LogP contribution in [-0.2, 0) is 20.7 Å². The van der Waals surface area contributed by atoms with E-state index in [1.165, 1.54) is 0 Å². The number of amides is 1. The third-order valence-corrected chi connectivity index (χ3v) is 3.81. The minimum atomic E-state index is -0.805. The molecule has 1 heterocycles. The fourth-order valence-electron chi connectivity index (χ4n) is 1.76. The van der Waals surface area contributed by atoms with Gasteiger partial charge in [0.2, 0.25) is 0 Å². The van der Waals surface area contributed by atoms with Crippen molar-refractivity contribution in [3.8, 4) is 0 Å². The van der Waals surface area contributed by atoms with Gasteiger partial charge in [0.05, 0.1) is 6.42 Å². The van der Waals surface area contributed by atoms with Crippen molar-refractivity contribution in [2.24, 2.45) is 0 Å². The summed E-state index contributed by atoms with van der Waals surface area (Å²) < 4.78 is 5.14. The molecule has 0 saturated carbocycles. The zero-order valence-electron chi connectivity index (χ0n) is 11.7. The molecule has 4 nitrogen and oxygen atoms in total. The van der Waals surface area contributed by atoms with Gasteiger partial charge in [-0.3, -0.25) is 9.59 Å². The number of carbonyl (C=O) groups is 2. The second kappa shape index (κ2) is 7.59. The van der Waals surface area contributed by atoms with Crippen LogP contribution in [-0.4, -0.2) is 18.0 Å². The van der Waals surface area contributed by atoms with Gasteiger partial charge in [-0.15, -0.1) is 11.3 Å². The summed E-state index contributed by atoms with van der Waals surface area (Å²) in [6.07, 6.45) is 0.119. The van der Waals surface area contributed by atoms with Crippen LogP contribution < -0.4 is 5.32 Å². The molecule has 1 N–H and O–H groups in total. The van der Waals surface area contributed by atoms with Gasteiger partial charge in [-0.25, -0.2) is 0 Å². The van der Waals surface area contributed by atoms with E-state index in [2.05, 4.69) is 5.32 Å². The van der Waals surface area contributed by atoms with Crippen LogP contribution in [0.5, 0.6) is 0 Å². The Bertz CT molecular complexity index is 581. The molecule has 0 aliphatic heterocycles. The topological polar surface area (TPSA) is 55.4 Å². The minimum Gasteiger partial charge on any atom is -0.453 e. The molecule has 0 aliphatic rings. The van der Waals surface area contributed by atoms with Crippen LogP contribution in [0, 0.1) is 0 Å². The number of thiophene rings is 1. The van der Waals surface area contributed by atoms with Crippen LogP contribution in [0.4, 0.5) is 5.69 Å². The number of ether oxygens (including phenoxy) is 1. The van der Waals surface area contributed by atoms with E-state index in [0.29, 0.717) is 12.1 Å². The van der Waals surface area contributed by atoms with Crippen LogP contribution in [0.3, 0.4) is 0 Å². The lowest BCUT2D eigenvalue weighted by Gasteiger charge is -2.13. The molecule has 0 fully saturated rings. The van der Waals surface area contributed by atoms with Crippen LogP contribution in [0.1, 0.15) is 18.2 Å². The van der Waals surface area contributed by atoms with Crippen LogP contribution in [0.2, 0.25) is 0 Å². The number of hydrogen-bond acceptors (Lipinski definition) is 4. The van der Waals surface area contributed by atoms with E-state index in [9.17, 15) is 9.59 Å². The van der Waals surface area contributed by atoms with Gasteiger partial charge in [0.25, 0.3) is 5.91 Å². The first-order valence-electron chi connectivity index (χ1n) is 6.73. The van der Waals surface area contributed by atoms with Crippen molar-refractivity contribution < 1.29 is 14.3 Å². The smallest absolute Gasteiger partial charge is 0.306 e. The number of aryl methyl sites for hydroxylation is 1. The third-order valence-electron chi connectivity index (χ3n) is 2.87. The lowest BCUT2D eigenvalue weighted by Crippen LogP contribution is -2.30. The van der Waals surface area contributed by atoms with Crippen molar-refractivity contribution in [3.63, 3.8) is 0 Å². The maximum absolute atomic E-state index is 11.9. The molecule has 1 aromatic carbocycles. The Hall–Kier alpha value is -2.14. The zero-order chi connectivity index (χ0) is 15.1. The summed E-state index contributed by atoms with van der Waals surface area (Å²) in [6, 6.07) is 13.0. The molecule has 0 radical (unpaired) electrons. The summed E-state index contributed by atoms with van der Waals surface area (Å²) >= 11 is 1.60. The van der Waals surface area contributed by atoms with Crippen LogP contribution >= 0.6 is 11.3 Å². The van der Waals surface area contributed by atoms with Gasteiger partial charge < -0.3 is 10.1 Å². The van der Waals surface area contributed by atoms with E-state index in [4.69, 9.17) is 4.74 Å². The van der Waals surface area contributed by atoms with E-state index in [0.717, 1.165) is 4.88 Å². The Kier molecular flexibility index (Phi) is 5.51. The summed E-state index contributed by atoms with van der Waals surface area (Å²) in [6.45, 7) is 1.57. The molecule has 0 aliphatic carbocycles. The van der Waals surface area contributed by atoms with Crippen LogP contribution in [0.25, 0.3) is 0 Å². The highest BCUT2D eigenvalue weighted by molar-refractivity contribution is 7.09. The van der Waals surface area contributed by atoms with Gasteiger partial charge in [-0.1, -0.05) is 24.3 Å². The molecule has 2 aromatic rings. The highest BCUT2D eigenvalue weighted by Crippen LogP contribution is 2.12. The fraction of sp³-hybridized carbons (Fsp3) is 0.250. The molecule has 0 bridgehead atoms. The van der Waals surface area contributed by atoms with E-state index < -0.39 is 6.10 Å². The molecule has 1 amide bonds. The molecule has 21 heavy (non-hydrogen) atoms. The standard InChI is InChI=1S/C16H17NO3S/c1-12(16(19)17-13-6-3-2-4-7-13)20-15(18)10-9-14-8-5-11-21-14/h2-8,11-12H,9-10H2,1H3,(H,17,19)/t12-/m1/s1. The predicted molar refractivity (Wildman–Crippen MR) is 83.3 cm³/mol. The van der Waals surface area contributed by atoms with Crippen molar-refractivity contribution in [2.45, 2.75) is 25.9 Å². The van der Waals surface area contributed by atoms with Gasteiger partial charge in [0.15, 0.2) is 6.10 Å². The normalized spacial score (nSPS) is 11.7. The van der Waals surface area contributed by atoms with Gasteiger partial charge >= 0.3 is 5.97 Å². The average molecular weight is 303 g/mol. The van der Waals surface area contributed by atoms with Crippen molar-refractivity contribution in [2.75, 3.05) is 5.32 Å². The summed E-state index contributed by atoms with van der Waals surface area (Å²) in [5, 5.41) is 4.67. The first-order chi connectivity index (χ1) is 10.1. The molecular weight excluding hydrogens is 286 g/mol. The first kappa shape index (κ1) is 15.3.